The van der Waals surface area contributed by atoms with Crippen LogP contribution in [-0.2, 0) is 25.9 Å². The van der Waals surface area contributed by atoms with Crippen molar-refractivity contribution in [2.75, 3.05) is 39.5 Å². The standard InChI is InChI=1S/C33H43N3O9S/c1-33(2,13-6-7-14-34)22-35(46(40,41)24-10-11-29-30(19-24)43-17-16-42-29)20-28(37)26(18-23-8-4-3-5-9-23)36(32(38)39)27-21-45-31-25(27)12-15-44-31/h3-5,8-11,19,25-28,31,37H,6-7,12-13,15-18,20-22H2,1-2H3,(H,38,39)/t25-,26-,27-,28+,31+/m0/s1. The van der Waals surface area contributed by atoms with Gasteiger partial charge in [0.1, 0.15) is 13.2 Å². The van der Waals surface area contributed by atoms with Crippen LogP contribution < -0.4 is 9.47 Å². The second kappa shape index (κ2) is 14.6. The summed E-state index contributed by atoms with van der Waals surface area (Å²) in [4.78, 5) is 14.2. The summed E-state index contributed by atoms with van der Waals surface area (Å²) in [5, 5.41) is 31.7. The van der Waals surface area contributed by atoms with Crippen molar-refractivity contribution < 1.29 is 42.4 Å². The molecule has 46 heavy (non-hydrogen) atoms. The number of aliphatic hydroxyl groups excluding tert-OH is 1. The number of unbranched alkanes of at least 4 members (excludes halogenated alkanes) is 1. The van der Waals surface area contributed by atoms with Crippen molar-refractivity contribution >= 4 is 16.1 Å². The van der Waals surface area contributed by atoms with E-state index in [0.29, 0.717) is 50.4 Å². The lowest BCUT2D eigenvalue weighted by Crippen LogP contribution is -2.58. The highest BCUT2D eigenvalue weighted by molar-refractivity contribution is 7.89. The third-order valence-corrected chi connectivity index (χ3v) is 10.8. The number of sulfonamides is 1. The van der Waals surface area contributed by atoms with Crippen molar-refractivity contribution in [2.24, 2.45) is 11.3 Å². The van der Waals surface area contributed by atoms with E-state index in [1.165, 1.54) is 21.3 Å². The van der Waals surface area contributed by atoms with E-state index in [2.05, 4.69) is 6.07 Å². The van der Waals surface area contributed by atoms with Crippen molar-refractivity contribution in [1.82, 2.24) is 9.21 Å². The minimum Gasteiger partial charge on any atom is -0.486 e. The minimum absolute atomic E-state index is 0.0263. The third kappa shape index (κ3) is 7.75. The Hall–Kier alpha value is -3.41. The van der Waals surface area contributed by atoms with Crippen LogP contribution in [0.2, 0.25) is 0 Å². The highest BCUT2D eigenvalue weighted by Crippen LogP contribution is 2.37. The lowest BCUT2D eigenvalue weighted by molar-refractivity contribution is -0.0906. The Morgan fingerprint density at radius 2 is 1.83 bits per heavy atom. The Labute approximate surface area is 270 Å². The molecule has 0 saturated carbocycles. The minimum atomic E-state index is -4.22. The van der Waals surface area contributed by atoms with Gasteiger partial charge in [0.2, 0.25) is 10.0 Å². The van der Waals surface area contributed by atoms with Gasteiger partial charge >= 0.3 is 6.09 Å². The highest BCUT2D eigenvalue weighted by atomic mass is 32.2. The van der Waals surface area contributed by atoms with E-state index in [9.17, 15) is 23.4 Å². The number of amides is 1. The number of aliphatic hydroxyl groups is 1. The van der Waals surface area contributed by atoms with Crippen molar-refractivity contribution in [3.05, 3.63) is 54.1 Å². The van der Waals surface area contributed by atoms with E-state index in [-0.39, 0.29) is 43.5 Å². The van der Waals surface area contributed by atoms with E-state index in [1.54, 1.807) is 6.07 Å². The SMILES string of the molecule is CC(C)(CCCC#N)CN(C[C@@H](O)[C@H](Cc1ccccc1)N(C(=O)O)[C@H]1CO[C@H]2OCC[C@H]21)S(=O)(=O)c1ccc2c(c1)OCCO2. The first-order chi connectivity index (χ1) is 22.0. The summed E-state index contributed by atoms with van der Waals surface area (Å²) in [6.07, 6.45) is -0.869. The molecule has 2 aromatic carbocycles. The summed E-state index contributed by atoms with van der Waals surface area (Å²) in [5.74, 6) is 0.564. The lowest BCUT2D eigenvalue weighted by Gasteiger charge is -2.40. The third-order valence-electron chi connectivity index (χ3n) is 8.96. The van der Waals surface area contributed by atoms with E-state index in [4.69, 9.17) is 24.2 Å². The van der Waals surface area contributed by atoms with Crippen LogP contribution in [0.25, 0.3) is 0 Å². The zero-order valence-corrected chi connectivity index (χ0v) is 27.1. The van der Waals surface area contributed by atoms with Gasteiger partial charge in [0.05, 0.1) is 42.4 Å². The van der Waals surface area contributed by atoms with Crippen LogP contribution in [0.1, 0.15) is 45.1 Å². The molecule has 5 rings (SSSR count). The topological polar surface area (TPSA) is 159 Å². The first kappa shape index (κ1) is 33.9. The summed E-state index contributed by atoms with van der Waals surface area (Å²) < 4.78 is 52.6. The number of nitriles is 1. The number of ether oxygens (including phenoxy) is 4. The predicted molar refractivity (Wildman–Crippen MR) is 167 cm³/mol. The number of nitrogens with zero attached hydrogens (tertiary/aromatic N) is 3. The maximum absolute atomic E-state index is 14.4. The van der Waals surface area contributed by atoms with Crippen molar-refractivity contribution in [3.63, 3.8) is 0 Å². The molecule has 2 fully saturated rings. The smallest absolute Gasteiger partial charge is 0.407 e. The Morgan fingerprint density at radius 3 is 2.54 bits per heavy atom. The molecule has 13 heteroatoms. The molecule has 2 aromatic rings. The van der Waals surface area contributed by atoms with E-state index >= 15 is 0 Å². The zero-order valence-electron chi connectivity index (χ0n) is 26.3. The Balaban J connectivity index is 1.49. The zero-order chi connectivity index (χ0) is 32.9. The van der Waals surface area contributed by atoms with Gasteiger partial charge in [0.25, 0.3) is 0 Å². The number of hydrogen-bond acceptors (Lipinski definition) is 9. The first-order valence-corrected chi connectivity index (χ1v) is 17.2. The summed E-state index contributed by atoms with van der Waals surface area (Å²) >= 11 is 0. The molecule has 2 saturated heterocycles. The Bertz CT molecular complexity index is 1500. The van der Waals surface area contributed by atoms with Crippen molar-refractivity contribution in [3.8, 4) is 17.6 Å². The van der Waals surface area contributed by atoms with E-state index < -0.39 is 46.0 Å². The van der Waals surface area contributed by atoms with Gasteiger partial charge in [-0.3, -0.25) is 4.90 Å². The fourth-order valence-corrected chi connectivity index (χ4v) is 8.31. The van der Waals surface area contributed by atoms with Crippen LogP contribution in [0.15, 0.2) is 53.4 Å². The summed E-state index contributed by atoms with van der Waals surface area (Å²) in [5.41, 5.74) is 0.237. The van der Waals surface area contributed by atoms with Crippen LogP contribution >= 0.6 is 0 Å². The molecule has 0 bridgehead atoms. The number of hydrogen-bond donors (Lipinski definition) is 2. The van der Waals surface area contributed by atoms with Gasteiger partial charge in [-0.05, 0) is 48.8 Å². The second-order valence-electron chi connectivity index (χ2n) is 12.9. The fraction of sp³-hybridized carbons (Fsp3) is 0.576. The average molecular weight is 658 g/mol. The second-order valence-corrected chi connectivity index (χ2v) is 14.8. The highest BCUT2D eigenvalue weighted by Gasteiger charge is 2.49. The molecule has 0 aromatic heterocycles. The summed E-state index contributed by atoms with van der Waals surface area (Å²) in [6.45, 7) is 4.72. The molecule has 250 valence electrons. The molecule has 0 unspecified atom stereocenters. The van der Waals surface area contributed by atoms with Gasteiger partial charge in [-0.1, -0.05) is 44.2 Å². The molecule has 0 spiro atoms. The number of carbonyl (C=O) groups is 1. The van der Waals surface area contributed by atoms with Crippen LogP contribution in [0.3, 0.4) is 0 Å². The molecular weight excluding hydrogens is 614 g/mol. The molecule has 3 heterocycles. The Morgan fingerprint density at radius 1 is 1.09 bits per heavy atom. The number of rotatable bonds is 14. The quantitative estimate of drug-likeness (QED) is 0.286. The molecule has 0 aliphatic carbocycles. The summed E-state index contributed by atoms with van der Waals surface area (Å²) in [7, 11) is -4.22. The van der Waals surface area contributed by atoms with Crippen molar-refractivity contribution in [1.29, 1.82) is 5.26 Å². The number of carboxylic acid groups (broad SMARTS) is 1. The molecule has 2 N–H and O–H groups in total. The fourth-order valence-electron chi connectivity index (χ4n) is 6.65. The van der Waals surface area contributed by atoms with Crippen molar-refractivity contribution in [2.45, 2.75) is 75.3 Å². The molecule has 5 atom stereocenters. The largest absolute Gasteiger partial charge is 0.486 e. The molecular formula is C33H43N3O9S. The molecule has 12 nitrogen and oxygen atoms in total. The first-order valence-electron chi connectivity index (χ1n) is 15.7. The van der Waals surface area contributed by atoms with Gasteiger partial charge in [-0.2, -0.15) is 9.57 Å². The normalized spacial score (nSPS) is 22.2. The maximum atomic E-state index is 14.4. The number of benzene rings is 2. The molecule has 3 aliphatic rings. The van der Waals surface area contributed by atoms with Gasteiger partial charge in [0, 0.05) is 31.5 Å². The summed E-state index contributed by atoms with van der Waals surface area (Å²) in [6, 6.07) is 14.2. The Kier molecular flexibility index (Phi) is 10.7. The molecule has 0 radical (unpaired) electrons. The van der Waals surface area contributed by atoms with E-state index in [0.717, 1.165) is 5.56 Å². The monoisotopic (exact) mass is 657 g/mol. The molecule has 3 aliphatic heterocycles. The van der Waals surface area contributed by atoms with Gasteiger partial charge in [-0.15, -0.1) is 0 Å². The lowest BCUT2D eigenvalue weighted by atomic mass is 9.87. The predicted octanol–water partition coefficient (Wildman–Crippen LogP) is 3.88. The van der Waals surface area contributed by atoms with Crippen LogP contribution in [-0.4, -0.2) is 97.9 Å². The number of fused-ring (bicyclic) bond motifs is 2. The van der Waals surface area contributed by atoms with Gasteiger partial charge in [0.15, 0.2) is 17.8 Å². The van der Waals surface area contributed by atoms with E-state index in [1.807, 2.05) is 44.2 Å². The molecule has 1 amide bonds. The van der Waals surface area contributed by atoms with Crippen LogP contribution in [0.5, 0.6) is 11.5 Å². The average Bonchev–Trinajstić information content (AvgIpc) is 3.65. The maximum Gasteiger partial charge on any atom is 0.407 e. The van der Waals surface area contributed by atoms with Crippen LogP contribution in [0.4, 0.5) is 4.79 Å². The van der Waals surface area contributed by atoms with Gasteiger partial charge in [-0.25, -0.2) is 13.2 Å². The van der Waals surface area contributed by atoms with Crippen LogP contribution in [0, 0.1) is 22.7 Å². The van der Waals surface area contributed by atoms with Gasteiger partial charge < -0.3 is 29.2 Å².